The van der Waals surface area contributed by atoms with E-state index in [1.54, 1.807) is 6.07 Å². The molecule has 112 valence electrons. The molecule has 0 saturated carbocycles. The molecule has 0 aromatic heterocycles. The van der Waals surface area contributed by atoms with Crippen LogP contribution in [0.3, 0.4) is 0 Å². The zero-order valence-corrected chi connectivity index (χ0v) is 12.7. The van der Waals surface area contributed by atoms with E-state index in [1.807, 2.05) is 26.1 Å². The maximum absolute atomic E-state index is 13.5. The molecule has 0 amide bonds. The summed E-state index contributed by atoms with van der Waals surface area (Å²) in [5.74, 6) is -0.141. The quantitative estimate of drug-likeness (QED) is 0.897. The molecule has 1 saturated heterocycles. The molecule has 1 fully saturated rings. The van der Waals surface area contributed by atoms with E-state index >= 15 is 0 Å². The summed E-state index contributed by atoms with van der Waals surface area (Å²) >= 11 is 0. The number of ether oxygens (including phenoxy) is 1. The van der Waals surface area contributed by atoms with Crippen molar-refractivity contribution >= 4 is 0 Å². The molecule has 1 N–H and O–H groups in total. The fourth-order valence-electron chi connectivity index (χ4n) is 2.97. The zero-order valence-electron chi connectivity index (χ0n) is 12.7. The Morgan fingerprint density at radius 2 is 2.25 bits per heavy atom. The predicted molar refractivity (Wildman–Crippen MR) is 79.4 cm³/mol. The summed E-state index contributed by atoms with van der Waals surface area (Å²) in [5, 5.41) is 3.20. The first-order valence-electron chi connectivity index (χ1n) is 7.43. The molecule has 2 atom stereocenters. The maximum Gasteiger partial charge on any atom is 0.126 e. The lowest BCUT2D eigenvalue weighted by Gasteiger charge is -2.41. The Morgan fingerprint density at radius 1 is 1.45 bits per heavy atom. The Balaban J connectivity index is 2.29. The number of hydrogen-bond donors (Lipinski definition) is 1. The average Bonchev–Trinajstić information content (AvgIpc) is 2.43. The first-order chi connectivity index (χ1) is 9.67. The molecule has 0 spiro atoms. The molecule has 1 aromatic carbocycles. The van der Waals surface area contributed by atoms with Gasteiger partial charge in [0.25, 0.3) is 0 Å². The minimum atomic E-state index is -0.141. The smallest absolute Gasteiger partial charge is 0.126 e. The van der Waals surface area contributed by atoms with Gasteiger partial charge in [0.05, 0.1) is 18.8 Å². The van der Waals surface area contributed by atoms with E-state index < -0.39 is 0 Å². The monoisotopic (exact) mass is 280 g/mol. The van der Waals surface area contributed by atoms with Crippen LogP contribution in [0.2, 0.25) is 0 Å². The van der Waals surface area contributed by atoms with Crippen LogP contribution in [0, 0.1) is 12.7 Å². The lowest BCUT2D eigenvalue weighted by molar-refractivity contribution is -0.0704. The normalized spacial score (nSPS) is 24.0. The molecular weight excluding hydrogens is 255 g/mol. The number of nitrogens with zero attached hydrogens (tertiary/aromatic N) is 1. The van der Waals surface area contributed by atoms with Gasteiger partial charge in [-0.05, 0) is 44.1 Å². The second kappa shape index (κ2) is 7.16. The van der Waals surface area contributed by atoms with E-state index in [4.69, 9.17) is 4.74 Å². The van der Waals surface area contributed by atoms with Crippen molar-refractivity contribution in [3.63, 3.8) is 0 Å². The number of morpholine rings is 1. The first-order valence-corrected chi connectivity index (χ1v) is 7.43. The van der Waals surface area contributed by atoms with Crippen molar-refractivity contribution in [3.05, 3.63) is 35.1 Å². The van der Waals surface area contributed by atoms with Crippen LogP contribution < -0.4 is 5.32 Å². The average molecular weight is 280 g/mol. The summed E-state index contributed by atoms with van der Waals surface area (Å²) in [6.45, 7) is 7.57. The number of benzene rings is 1. The topological polar surface area (TPSA) is 24.5 Å². The molecule has 20 heavy (non-hydrogen) atoms. The van der Waals surface area contributed by atoms with Crippen LogP contribution in [-0.2, 0) is 4.74 Å². The van der Waals surface area contributed by atoms with Crippen molar-refractivity contribution in [2.45, 2.75) is 32.4 Å². The fraction of sp³-hybridized carbons (Fsp3) is 0.625. The predicted octanol–water partition coefficient (Wildman–Crippen LogP) is 2.51. The minimum Gasteiger partial charge on any atom is -0.374 e. The molecule has 0 radical (unpaired) electrons. The van der Waals surface area contributed by atoms with E-state index in [1.165, 1.54) is 0 Å². The van der Waals surface area contributed by atoms with Crippen molar-refractivity contribution < 1.29 is 9.13 Å². The number of rotatable bonds is 5. The third-order valence-corrected chi connectivity index (χ3v) is 3.90. The van der Waals surface area contributed by atoms with Gasteiger partial charge in [0, 0.05) is 13.1 Å². The number of hydrogen-bond acceptors (Lipinski definition) is 3. The van der Waals surface area contributed by atoms with Crippen LogP contribution in [0.4, 0.5) is 4.39 Å². The molecule has 1 aliphatic heterocycles. The van der Waals surface area contributed by atoms with Crippen molar-refractivity contribution in [1.29, 1.82) is 0 Å². The highest BCUT2D eigenvalue weighted by Crippen LogP contribution is 2.30. The van der Waals surface area contributed by atoms with Gasteiger partial charge < -0.3 is 10.1 Å². The third-order valence-electron chi connectivity index (χ3n) is 3.90. The molecule has 0 aliphatic carbocycles. The van der Waals surface area contributed by atoms with Crippen LogP contribution in [0.25, 0.3) is 0 Å². The Bertz CT molecular complexity index is 420. The first kappa shape index (κ1) is 15.4. The van der Waals surface area contributed by atoms with E-state index in [9.17, 15) is 4.39 Å². The molecule has 2 rings (SSSR count). The van der Waals surface area contributed by atoms with Gasteiger partial charge in [0.15, 0.2) is 0 Å². The van der Waals surface area contributed by atoms with E-state index in [0.29, 0.717) is 5.56 Å². The third kappa shape index (κ3) is 3.37. The van der Waals surface area contributed by atoms with E-state index in [-0.39, 0.29) is 18.0 Å². The van der Waals surface area contributed by atoms with Crippen molar-refractivity contribution in [2.75, 3.05) is 33.3 Å². The van der Waals surface area contributed by atoms with Crippen molar-refractivity contribution in [3.8, 4) is 0 Å². The van der Waals surface area contributed by atoms with Gasteiger partial charge in [0.2, 0.25) is 0 Å². The van der Waals surface area contributed by atoms with Crippen LogP contribution in [-0.4, -0.2) is 44.3 Å². The molecule has 1 aliphatic rings. The lowest BCUT2D eigenvalue weighted by atomic mass is 9.96. The Kier molecular flexibility index (Phi) is 5.52. The highest BCUT2D eigenvalue weighted by atomic mass is 19.1. The Labute approximate surface area is 121 Å². The second-order valence-electron chi connectivity index (χ2n) is 5.46. The molecule has 4 heteroatoms. The lowest BCUT2D eigenvalue weighted by Crippen LogP contribution is -2.48. The summed E-state index contributed by atoms with van der Waals surface area (Å²) in [5.41, 5.74) is 1.85. The highest BCUT2D eigenvalue weighted by Gasteiger charge is 2.32. The summed E-state index contributed by atoms with van der Waals surface area (Å²) in [4.78, 5) is 2.46. The van der Waals surface area contributed by atoms with Crippen molar-refractivity contribution in [2.24, 2.45) is 0 Å². The van der Waals surface area contributed by atoms with Gasteiger partial charge in [0.1, 0.15) is 5.82 Å². The van der Waals surface area contributed by atoms with E-state index in [2.05, 4.69) is 17.1 Å². The summed E-state index contributed by atoms with van der Waals surface area (Å²) in [6.07, 6.45) is 1.23. The SMILES string of the molecule is CCCN1CCOC(CNC)C1c1ccc(F)c(C)c1. The van der Waals surface area contributed by atoms with Gasteiger partial charge >= 0.3 is 0 Å². The highest BCUT2D eigenvalue weighted by molar-refractivity contribution is 5.28. The Hall–Kier alpha value is -0.970. The number of likely N-dealkylation sites (N-methyl/N-ethyl adjacent to an activating group) is 1. The zero-order chi connectivity index (χ0) is 14.5. The minimum absolute atomic E-state index is 0.116. The second-order valence-corrected chi connectivity index (χ2v) is 5.46. The van der Waals surface area contributed by atoms with Gasteiger partial charge in [-0.3, -0.25) is 4.90 Å². The number of nitrogens with one attached hydrogen (secondary N) is 1. The molecular formula is C16H25FN2O. The van der Waals surface area contributed by atoms with Gasteiger partial charge in [-0.1, -0.05) is 19.1 Å². The molecule has 1 aromatic rings. The maximum atomic E-state index is 13.5. The fourth-order valence-corrected chi connectivity index (χ4v) is 2.97. The van der Waals surface area contributed by atoms with Crippen LogP contribution in [0.15, 0.2) is 18.2 Å². The van der Waals surface area contributed by atoms with Crippen molar-refractivity contribution in [1.82, 2.24) is 10.2 Å². The molecule has 0 bridgehead atoms. The van der Waals surface area contributed by atoms with Gasteiger partial charge in [-0.2, -0.15) is 0 Å². The number of halogens is 1. The largest absolute Gasteiger partial charge is 0.374 e. The molecule has 2 unspecified atom stereocenters. The summed E-state index contributed by atoms with van der Waals surface area (Å²) in [6, 6.07) is 5.63. The standard InChI is InChI=1S/C16H25FN2O/c1-4-7-19-8-9-20-15(11-18-3)16(19)13-5-6-14(17)12(2)10-13/h5-6,10,15-16,18H,4,7-9,11H2,1-3H3. The van der Waals surface area contributed by atoms with Crippen LogP contribution >= 0.6 is 0 Å². The summed E-state index contributed by atoms with van der Waals surface area (Å²) < 4.78 is 19.4. The van der Waals surface area contributed by atoms with Crippen LogP contribution in [0.5, 0.6) is 0 Å². The van der Waals surface area contributed by atoms with Gasteiger partial charge in [-0.15, -0.1) is 0 Å². The number of aryl methyl sites for hydroxylation is 1. The summed E-state index contributed by atoms with van der Waals surface area (Å²) in [7, 11) is 1.94. The van der Waals surface area contributed by atoms with E-state index in [0.717, 1.165) is 38.2 Å². The molecule has 3 nitrogen and oxygen atoms in total. The van der Waals surface area contributed by atoms with Crippen LogP contribution in [0.1, 0.15) is 30.5 Å². The van der Waals surface area contributed by atoms with Gasteiger partial charge in [-0.25, -0.2) is 4.39 Å². The Morgan fingerprint density at radius 3 is 2.90 bits per heavy atom. The molecule has 1 heterocycles.